The van der Waals surface area contributed by atoms with Crippen LogP contribution < -0.4 is 5.32 Å². The van der Waals surface area contributed by atoms with Gasteiger partial charge in [0.05, 0.1) is 0 Å². The van der Waals surface area contributed by atoms with Crippen molar-refractivity contribution in [2.45, 2.75) is 25.2 Å². The number of carboxylic acids is 1. The minimum Gasteiger partial charge on any atom is -0.481 e. The molecule has 0 saturated carbocycles. The summed E-state index contributed by atoms with van der Waals surface area (Å²) in [4.78, 5) is 23.7. The van der Waals surface area contributed by atoms with Gasteiger partial charge in [-0.1, -0.05) is 42.5 Å². The van der Waals surface area contributed by atoms with Gasteiger partial charge in [0.2, 0.25) is 5.91 Å². The van der Waals surface area contributed by atoms with Crippen molar-refractivity contribution in [2.75, 3.05) is 6.54 Å². The van der Waals surface area contributed by atoms with Gasteiger partial charge in [0.1, 0.15) is 11.2 Å². The Labute approximate surface area is 140 Å². The molecule has 5 heteroatoms. The van der Waals surface area contributed by atoms with Crippen molar-refractivity contribution in [1.29, 1.82) is 0 Å². The van der Waals surface area contributed by atoms with Crippen molar-refractivity contribution < 1.29 is 19.1 Å². The first kappa shape index (κ1) is 17.7. The van der Waals surface area contributed by atoms with Gasteiger partial charge in [-0.25, -0.2) is 4.39 Å². The SMILES string of the molecule is CC(CNC(=O)CCc1ccc(F)cc1)(C(=O)O)c1ccccc1. The van der Waals surface area contributed by atoms with E-state index >= 15 is 0 Å². The molecule has 0 aliphatic heterocycles. The summed E-state index contributed by atoms with van der Waals surface area (Å²) in [6, 6.07) is 14.8. The van der Waals surface area contributed by atoms with Crippen LogP contribution in [-0.4, -0.2) is 23.5 Å². The number of benzene rings is 2. The van der Waals surface area contributed by atoms with Crippen LogP contribution in [0.1, 0.15) is 24.5 Å². The van der Waals surface area contributed by atoms with Crippen LogP contribution in [0.25, 0.3) is 0 Å². The minimum absolute atomic E-state index is 0.00853. The van der Waals surface area contributed by atoms with Crippen molar-refractivity contribution in [1.82, 2.24) is 5.32 Å². The monoisotopic (exact) mass is 329 g/mol. The van der Waals surface area contributed by atoms with Crippen molar-refractivity contribution in [2.24, 2.45) is 0 Å². The zero-order chi connectivity index (χ0) is 17.6. The molecule has 0 aliphatic rings. The number of nitrogens with one attached hydrogen (secondary N) is 1. The molecule has 0 saturated heterocycles. The number of carbonyl (C=O) groups is 2. The maximum Gasteiger partial charge on any atom is 0.315 e. The molecule has 0 spiro atoms. The standard InChI is InChI=1S/C19H20FNO3/c1-19(18(23)24,15-5-3-2-4-6-15)13-21-17(22)12-9-14-7-10-16(20)11-8-14/h2-8,10-11H,9,12-13H2,1H3,(H,21,22)(H,23,24). The molecule has 0 fully saturated rings. The topological polar surface area (TPSA) is 66.4 Å². The average Bonchev–Trinajstić information content (AvgIpc) is 2.59. The van der Waals surface area contributed by atoms with E-state index in [1.165, 1.54) is 12.1 Å². The molecule has 0 heterocycles. The summed E-state index contributed by atoms with van der Waals surface area (Å²) < 4.78 is 12.8. The van der Waals surface area contributed by atoms with E-state index in [1.807, 2.05) is 6.07 Å². The van der Waals surface area contributed by atoms with Crippen LogP contribution in [0, 0.1) is 5.82 Å². The van der Waals surface area contributed by atoms with Crippen LogP contribution in [0.3, 0.4) is 0 Å². The lowest BCUT2D eigenvalue weighted by atomic mass is 9.82. The quantitative estimate of drug-likeness (QED) is 0.821. The molecule has 0 aromatic heterocycles. The van der Waals surface area contributed by atoms with Crippen LogP contribution >= 0.6 is 0 Å². The largest absolute Gasteiger partial charge is 0.481 e. The Morgan fingerprint density at radius 2 is 1.71 bits per heavy atom. The lowest BCUT2D eigenvalue weighted by Gasteiger charge is -2.25. The van der Waals surface area contributed by atoms with E-state index in [9.17, 15) is 19.1 Å². The van der Waals surface area contributed by atoms with Gasteiger partial charge in [-0.3, -0.25) is 9.59 Å². The Balaban J connectivity index is 1.93. The molecule has 24 heavy (non-hydrogen) atoms. The number of aliphatic carboxylic acids is 1. The summed E-state index contributed by atoms with van der Waals surface area (Å²) in [7, 11) is 0. The summed E-state index contributed by atoms with van der Waals surface area (Å²) >= 11 is 0. The number of amides is 1. The van der Waals surface area contributed by atoms with E-state index in [0.717, 1.165) is 5.56 Å². The third kappa shape index (κ3) is 4.41. The lowest BCUT2D eigenvalue weighted by Crippen LogP contribution is -2.44. The normalized spacial score (nSPS) is 13.1. The summed E-state index contributed by atoms with van der Waals surface area (Å²) in [5.41, 5.74) is 0.305. The molecule has 1 atom stereocenters. The Hall–Kier alpha value is -2.69. The number of hydrogen-bond acceptors (Lipinski definition) is 2. The van der Waals surface area contributed by atoms with Gasteiger partial charge in [0.25, 0.3) is 0 Å². The number of rotatable bonds is 7. The third-order valence-electron chi connectivity index (χ3n) is 4.08. The summed E-state index contributed by atoms with van der Waals surface area (Å²) in [5, 5.41) is 12.2. The maximum atomic E-state index is 12.8. The van der Waals surface area contributed by atoms with Gasteiger partial charge >= 0.3 is 5.97 Å². The van der Waals surface area contributed by atoms with Gasteiger partial charge in [-0.05, 0) is 36.6 Å². The smallest absolute Gasteiger partial charge is 0.315 e. The maximum absolute atomic E-state index is 12.8. The van der Waals surface area contributed by atoms with Gasteiger partial charge in [-0.15, -0.1) is 0 Å². The highest BCUT2D eigenvalue weighted by Gasteiger charge is 2.35. The van der Waals surface area contributed by atoms with E-state index < -0.39 is 11.4 Å². The van der Waals surface area contributed by atoms with E-state index in [-0.39, 0.29) is 24.7 Å². The molecule has 1 unspecified atom stereocenters. The highest BCUT2D eigenvalue weighted by molar-refractivity contribution is 5.83. The fraction of sp³-hybridized carbons (Fsp3) is 0.263. The Kier molecular flexibility index (Phi) is 5.68. The first-order valence-electron chi connectivity index (χ1n) is 7.72. The first-order valence-corrected chi connectivity index (χ1v) is 7.72. The van der Waals surface area contributed by atoms with Crippen LogP contribution in [0.5, 0.6) is 0 Å². The second-order valence-corrected chi connectivity index (χ2v) is 5.91. The molecule has 0 bridgehead atoms. The van der Waals surface area contributed by atoms with Crippen LogP contribution in [0.15, 0.2) is 54.6 Å². The number of carboxylic acid groups (broad SMARTS) is 1. The number of halogens is 1. The predicted octanol–water partition coefficient (Wildman–Crippen LogP) is 2.92. The zero-order valence-electron chi connectivity index (χ0n) is 13.5. The van der Waals surface area contributed by atoms with Crippen LogP contribution in [-0.2, 0) is 21.4 Å². The second-order valence-electron chi connectivity index (χ2n) is 5.91. The molecule has 2 aromatic rings. The summed E-state index contributed by atoms with van der Waals surface area (Å²) in [6.45, 7) is 1.60. The molecule has 0 radical (unpaired) electrons. The van der Waals surface area contributed by atoms with E-state index in [1.54, 1.807) is 43.3 Å². The highest BCUT2D eigenvalue weighted by Crippen LogP contribution is 2.23. The molecule has 2 aromatic carbocycles. The fourth-order valence-electron chi connectivity index (χ4n) is 2.38. The lowest BCUT2D eigenvalue weighted by molar-refractivity contribution is -0.143. The second kappa shape index (κ2) is 7.73. The molecule has 4 nitrogen and oxygen atoms in total. The van der Waals surface area contributed by atoms with Gasteiger partial charge < -0.3 is 10.4 Å². The number of carbonyl (C=O) groups excluding carboxylic acids is 1. The first-order chi connectivity index (χ1) is 11.4. The summed E-state index contributed by atoms with van der Waals surface area (Å²) in [5.74, 6) is -1.54. The van der Waals surface area contributed by atoms with Crippen LogP contribution in [0.2, 0.25) is 0 Å². The molecule has 0 aliphatic carbocycles. The highest BCUT2D eigenvalue weighted by atomic mass is 19.1. The molecular weight excluding hydrogens is 309 g/mol. The van der Waals surface area contributed by atoms with Crippen molar-refractivity contribution >= 4 is 11.9 Å². The Morgan fingerprint density at radius 1 is 1.08 bits per heavy atom. The average molecular weight is 329 g/mol. The molecular formula is C19H20FNO3. The van der Waals surface area contributed by atoms with Crippen molar-refractivity contribution in [3.05, 3.63) is 71.5 Å². The predicted molar refractivity (Wildman–Crippen MR) is 89.2 cm³/mol. The summed E-state index contributed by atoms with van der Waals surface area (Å²) in [6.07, 6.45) is 0.692. The number of aryl methyl sites for hydroxylation is 1. The third-order valence-corrected chi connectivity index (χ3v) is 4.08. The van der Waals surface area contributed by atoms with E-state index in [0.29, 0.717) is 12.0 Å². The molecule has 2 rings (SSSR count). The minimum atomic E-state index is -1.19. The Bertz CT molecular complexity index is 700. The Morgan fingerprint density at radius 3 is 2.29 bits per heavy atom. The van der Waals surface area contributed by atoms with Gasteiger partial charge in [-0.2, -0.15) is 0 Å². The van der Waals surface area contributed by atoms with E-state index in [4.69, 9.17) is 0 Å². The van der Waals surface area contributed by atoms with Gasteiger partial charge in [0, 0.05) is 13.0 Å². The fourth-order valence-corrected chi connectivity index (χ4v) is 2.38. The number of hydrogen-bond donors (Lipinski definition) is 2. The molecule has 126 valence electrons. The van der Waals surface area contributed by atoms with Crippen molar-refractivity contribution in [3.63, 3.8) is 0 Å². The van der Waals surface area contributed by atoms with Gasteiger partial charge in [0.15, 0.2) is 0 Å². The van der Waals surface area contributed by atoms with E-state index in [2.05, 4.69) is 5.32 Å². The molecule has 2 N–H and O–H groups in total. The van der Waals surface area contributed by atoms with Crippen LogP contribution in [0.4, 0.5) is 4.39 Å². The molecule has 1 amide bonds. The zero-order valence-corrected chi connectivity index (χ0v) is 13.5. The van der Waals surface area contributed by atoms with Crippen molar-refractivity contribution in [3.8, 4) is 0 Å².